The Morgan fingerprint density at radius 3 is 2.64 bits per heavy atom. The van der Waals surface area contributed by atoms with Crippen LogP contribution in [0.5, 0.6) is 0 Å². The van der Waals surface area contributed by atoms with Crippen LogP contribution >= 0.6 is 12.4 Å². The summed E-state index contributed by atoms with van der Waals surface area (Å²) in [6.45, 7) is 0. The molecule has 1 aromatic carbocycles. The van der Waals surface area contributed by atoms with Crippen molar-refractivity contribution < 1.29 is 9.90 Å². The maximum atomic E-state index is 10.8. The summed E-state index contributed by atoms with van der Waals surface area (Å²) in [6.07, 6.45) is 3.02. The van der Waals surface area contributed by atoms with Crippen LogP contribution in [0.3, 0.4) is 0 Å². The third-order valence-corrected chi connectivity index (χ3v) is 1.90. The van der Waals surface area contributed by atoms with E-state index in [1.54, 1.807) is 12.3 Å². The topological polar surface area (TPSA) is 50.2 Å². The Morgan fingerprint density at radius 1 is 1.21 bits per heavy atom. The predicted molar refractivity (Wildman–Crippen MR) is 56.0 cm³/mol. The number of pyridine rings is 1. The third kappa shape index (κ3) is 1.67. The minimum absolute atomic E-state index is 0. The molecule has 0 spiro atoms. The maximum Gasteiger partial charge on any atom is 0.337 e. The van der Waals surface area contributed by atoms with Crippen molar-refractivity contribution >= 4 is 29.1 Å². The largest absolute Gasteiger partial charge is 0.478 e. The Morgan fingerprint density at radius 2 is 1.93 bits per heavy atom. The zero-order valence-corrected chi connectivity index (χ0v) is 7.99. The molecule has 72 valence electrons. The van der Waals surface area contributed by atoms with Gasteiger partial charge in [0.1, 0.15) is 0 Å². The van der Waals surface area contributed by atoms with Gasteiger partial charge in [-0.05, 0) is 5.39 Å². The van der Waals surface area contributed by atoms with Crippen molar-refractivity contribution in [1.29, 1.82) is 0 Å². The Bertz CT molecular complexity index is 465. The number of hydrogen-bond acceptors (Lipinski definition) is 2. The molecule has 0 aliphatic carbocycles. The highest BCUT2D eigenvalue weighted by molar-refractivity contribution is 6.02. The van der Waals surface area contributed by atoms with Crippen LogP contribution in [0, 0.1) is 0 Å². The van der Waals surface area contributed by atoms with Crippen molar-refractivity contribution in [2.45, 2.75) is 0 Å². The second-order valence-electron chi connectivity index (χ2n) is 2.71. The fourth-order valence-electron chi connectivity index (χ4n) is 1.29. The van der Waals surface area contributed by atoms with E-state index in [0.717, 1.165) is 10.8 Å². The van der Waals surface area contributed by atoms with Crippen molar-refractivity contribution in [3.63, 3.8) is 0 Å². The molecule has 1 heterocycles. The number of hydrogen-bond donors (Lipinski definition) is 1. The predicted octanol–water partition coefficient (Wildman–Crippen LogP) is 2.35. The maximum absolute atomic E-state index is 10.8. The lowest BCUT2D eigenvalue weighted by atomic mass is 10.1. The Hall–Kier alpha value is -1.61. The molecule has 2 rings (SSSR count). The van der Waals surface area contributed by atoms with E-state index in [9.17, 15) is 4.79 Å². The second-order valence-corrected chi connectivity index (χ2v) is 2.71. The van der Waals surface area contributed by atoms with Crippen LogP contribution in [-0.4, -0.2) is 16.1 Å². The van der Waals surface area contributed by atoms with Crippen molar-refractivity contribution in [1.82, 2.24) is 4.98 Å². The molecule has 0 radical (unpaired) electrons. The molecule has 0 atom stereocenters. The fourth-order valence-corrected chi connectivity index (χ4v) is 1.29. The van der Waals surface area contributed by atoms with E-state index in [4.69, 9.17) is 5.11 Å². The number of nitrogens with zero attached hydrogens (tertiary/aromatic N) is 1. The van der Waals surface area contributed by atoms with Gasteiger partial charge in [-0.3, -0.25) is 4.98 Å². The molecule has 0 fully saturated rings. The van der Waals surface area contributed by atoms with Crippen molar-refractivity contribution in [2.75, 3.05) is 0 Å². The number of aromatic carboxylic acids is 1. The van der Waals surface area contributed by atoms with E-state index in [2.05, 4.69) is 4.98 Å². The molecule has 14 heavy (non-hydrogen) atoms. The van der Waals surface area contributed by atoms with Crippen LogP contribution in [-0.2, 0) is 0 Å². The minimum atomic E-state index is -0.940. The first kappa shape index (κ1) is 10.5. The lowest BCUT2D eigenvalue weighted by Crippen LogP contribution is -1.97. The average molecular weight is 210 g/mol. The third-order valence-electron chi connectivity index (χ3n) is 1.90. The smallest absolute Gasteiger partial charge is 0.337 e. The Balaban J connectivity index is 0.000000980. The average Bonchev–Trinajstić information content (AvgIpc) is 2.17. The van der Waals surface area contributed by atoms with Crippen molar-refractivity contribution in [2.24, 2.45) is 0 Å². The minimum Gasteiger partial charge on any atom is -0.478 e. The lowest BCUT2D eigenvalue weighted by Gasteiger charge is -1.99. The van der Waals surface area contributed by atoms with Gasteiger partial charge >= 0.3 is 5.97 Å². The summed E-state index contributed by atoms with van der Waals surface area (Å²) in [5, 5.41) is 10.4. The van der Waals surface area contributed by atoms with Crippen molar-refractivity contribution in [3.8, 4) is 0 Å². The standard InChI is InChI=1S/C10H7NO2.ClH/c12-10(13)9-6-11-5-7-3-1-2-4-8(7)9;/h1-6H,(H,12,13);1H. The number of benzene rings is 1. The van der Waals surface area contributed by atoms with Crippen LogP contribution in [0.2, 0.25) is 0 Å². The molecule has 0 saturated carbocycles. The molecule has 1 N–H and O–H groups in total. The zero-order valence-electron chi connectivity index (χ0n) is 7.18. The van der Waals surface area contributed by atoms with Gasteiger partial charge in [-0.25, -0.2) is 4.79 Å². The molecule has 0 bridgehead atoms. The second kappa shape index (κ2) is 4.07. The van der Waals surface area contributed by atoms with Gasteiger partial charge in [0.05, 0.1) is 5.56 Å². The number of aromatic nitrogens is 1. The van der Waals surface area contributed by atoms with E-state index in [0.29, 0.717) is 0 Å². The van der Waals surface area contributed by atoms with E-state index in [-0.39, 0.29) is 18.0 Å². The van der Waals surface area contributed by atoms with Gasteiger partial charge in [-0.2, -0.15) is 0 Å². The summed E-state index contributed by atoms with van der Waals surface area (Å²) < 4.78 is 0. The number of carboxylic acids is 1. The summed E-state index contributed by atoms with van der Waals surface area (Å²) in [5.74, 6) is -0.940. The van der Waals surface area contributed by atoms with Gasteiger partial charge in [0, 0.05) is 17.8 Å². The molecule has 0 aliphatic rings. The van der Waals surface area contributed by atoms with Crippen LogP contribution < -0.4 is 0 Å². The Labute approximate surface area is 86.8 Å². The molecule has 0 saturated heterocycles. The Kier molecular flexibility index (Phi) is 3.04. The SMILES string of the molecule is Cl.O=C(O)c1cncc2ccccc12. The quantitative estimate of drug-likeness (QED) is 0.785. The summed E-state index contributed by atoms with van der Waals surface area (Å²) in [6, 6.07) is 7.29. The summed E-state index contributed by atoms with van der Waals surface area (Å²) in [7, 11) is 0. The van der Waals surface area contributed by atoms with Crippen LogP contribution in [0.25, 0.3) is 10.8 Å². The van der Waals surface area contributed by atoms with Gasteiger partial charge in [-0.1, -0.05) is 24.3 Å². The first-order chi connectivity index (χ1) is 6.29. The van der Waals surface area contributed by atoms with E-state index in [1.807, 2.05) is 18.2 Å². The number of carbonyl (C=O) groups is 1. The summed E-state index contributed by atoms with van der Waals surface area (Å²) >= 11 is 0. The molecular weight excluding hydrogens is 202 g/mol. The van der Waals surface area contributed by atoms with Gasteiger partial charge in [0.2, 0.25) is 0 Å². The van der Waals surface area contributed by atoms with E-state index in [1.165, 1.54) is 6.20 Å². The number of fused-ring (bicyclic) bond motifs is 1. The van der Waals surface area contributed by atoms with Crippen molar-refractivity contribution in [3.05, 3.63) is 42.2 Å². The molecule has 0 amide bonds. The summed E-state index contributed by atoms with van der Waals surface area (Å²) in [4.78, 5) is 14.6. The highest BCUT2D eigenvalue weighted by Gasteiger charge is 2.06. The molecule has 1 aromatic heterocycles. The van der Waals surface area contributed by atoms with Crippen LogP contribution in [0.15, 0.2) is 36.7 Å². The van der Waals surface area contributed by atoms with Gasteiger partial charge < -0.3 is 5.11 Å². The lowest BCUT2D eigenvalue weighted by molar-refractivity contribution is 0.0698. The molecule has 0 unspecified atom stereocenters. The molecular formula is C10H8ClNO2. The highest BCUT2D eigenvalue weighted by Crippen LogP contribution is 2.16. The number of halogens is 1. The van der Waals surface area contributed by atoms with Gasteiger partial charge in [0.15, 0.2) is 0 Å². The van der Waals surface area contributed by atoms with E-state index < -0.39 is 5.97 Å². The number of carboxylic acid groups (broad SMARTS) is 1. The first-order valence-electron chi connectivity index (χ1n) is 3.85. The van der Waals surface area contributed by atoms with Gasteiger partial charge in [0.25, 0.3) is 0 Å². The number of rotatable bonds is 1. The van der Waals surface area contributed by atoms with Crippen LogP contribution in [0.4, 0.5) is 0 Å². The first-order valence-corrected chi connectivity index (χ1v) is 3.85. The molecule has 4 heteroatoms. The normalized spacial score (nSPS) is 9.43. The monoisotopic (exact) mass is 209 g/mol. The highest BCUT2D eigenvalue weighted by atomic mass is 35.5. The molecule has 2 aromatic rings. The molecule has 0 aliphatic heterocycles. The fraction of sp³-hybridized carbons (Fsp3) is 0. The molecule has 3 nitrogen and oxygen atoms in total. The van der Waals surface area contributed by atoms with Crippen LogP contribution in [0.1, 0.15) is 10.4 Å². The zero-order chi connectivity index (χ0) is 9.26. The summed E-state index contributed by atoms with van der Waals surface area (Å²) in [5.41, 5.74) is 0.248. The van der Waals surface area contributed by atoms with E-state index >= 15 is 0 Å². The van der Waals surface area contributed by atoms with Gasteiger partial charge in [-0.15, -0.1) is 12.4 Å².